The zero-order chi connectivity index (χ0) is 12.1. The van der Waals surface area contributed by atoms with Crippen molar-refractivity contribution < 1.29 is 14.6 Å². The first-order chi connectivity index (χ1) is 7.62. The van der Waals surface area contributed by atoms with Crippen molar-refractivity contribution >= 4 is 5.97 Å². The summed E-state index contributed by atoms with van der Waals surface area (Å²) in [6.45, 7) is 0.148. The Bertz CT molecular complexity index is 449. The SMILES string of the molecule is COC(=O)Cc1c(O)cc(C#N)cc1CN. The maximum atomic E-state index is 11.1. The van der Waals surface area contributed by atoms with Crippen molar-refractivity contribution in [1.82, 2.24) is 0 Å². The van der Waals surface area contributed by atoms with Crippen LogP contribution in [0.1, 0.15) is 16.7 Å². The van der Waals surface area contributed by atoms with Crippen molar-refractivity contribution in [2.75, 3.05) is 7.11 Å². The van der Waals surface area contributed by atoms with E-state index in [0.29, 0.717) is 16.7 Å². The van der Waals surface area contributed by atoms with Gasteiger partial charge < -0.3 is 15.6 Å². The molecule has 0 aliphatic carbocycles. The molecule has 1 rings (SSSR count). The average molecular weight is 220 g/mol. The van der Waals surface area contributed by atoms with Gasteiger partial charge in [0.15, 0.2) is 0 Å². The lowest BCUT2D eigenvalue weighted by Crippen LogP contribution is -2.09. The van der Waals surface area contributed by atoms with Crippen LogP contribution in [0, 0.1) is 11.3 Å². The van der Waals surface area contributed by atoms with Crippen LogP contribution in [-0.4, -0.2) is 18.2 Å². The molecule has 0 aliphatic rings. The monoisotopic (exact) mass is 220 g/mol. The predicted octanol–water partition coefficient (Wildman–Crippen LogP) is 0.438. The fourth-order valence-corrected chi connectivity index (χ4v) is 1.38. The second kappa shape index (κ2) is 5.14. The quantitative estimate of drug-likeness (QED) is 0.720. The third-order valence-corrected chi connectivity index (χ3v) is 2.22. The largest absolute Gasteiger partial charge is 0.508 e. The summed E-state index contributed by atoms with van der Waals surface area (Å²) in [5.74, 6) is -0.570. The van der Waals surface area contributed by atoms with E-state index in [0.717, 1.165) is 0 Å². The highest BCUT2D eigenvalue weighted by Gasteiger charge is 2.13. The minimum absolute atomic E-state index is 0.0550. The average Bonchev–Trinajstić information content (AvgIpc) is 2.30. The Morgan fingerprint density at radius 3 is 2.81 bits per heavy atom. The molecule has 1 aromatic carbocycles. The summed E-state index contributed by atoms with van der Waals surface area (Å²) in [6, 6.07) is 4.76. The first-order valence-corrected chi connectivity index (χ1v) is 4.64. The van der Waals surface area contributed by atoms with Crippen molar-refractivity contribution in [2.45, 2.75) is 13.0 Å². The number of hydrogen-bond donors (Lipinski definition) is 2. The Morgan fingerprint density at radius 1 is 1.62 bits per heavy atom. The number of esters is 1. The molecule has 5 nitrogen and oxygen atoms in total. The summed E-state index contributed by atoms with van der Waals surface area (Å²) in [7, 11) is 1.27. The van der Waals surface area contributed by atoms with Gasteiger partial charge in [0.2, 0.25) is 0 Å². The number of phenols is 1. The van der Waals surface area contributed by atoms with Crippen LogP contribution in [0.3, 0.4) is 0 Å². The summed E-state index contributed by atoms with van der Waals surface area (Å²) in [5, 5.41) is 18.4. The Labute approximate surface area is 93.1 Å². The molecule has 0 aromatic heterocycles. The molecule has 0 amide bonds. The minimum atomic E-state index is -0.463. The van der Waals surface area contributed by atoms with Crippen LogP contribution in [-0.2, 0) is 22.5 Å². The van der Waals surface area contributed by atoms with Gasteiger partial charge in [0.1, 0.15) is 5.75 Å². The number of hydrogen-bond acceptors (Lipinski definition) is 5. The van der Waals surface area contributed by atoms with E-state index in [9.17, 15) is 9.90 Å². The van der Waals surface area contributed by atoms with Crippen LogP contribution >= 0.6 is 0 Å². The van der Waals surface area contributed by atoms with Crippen LogP contribution in [0.15, 0.2) is 12.1 Å². The number of carbonyl (C=O) groups excluding carboxylic acids is 1. The van der Waals surface area contributed by atoms with Crippen molar-refractivity contribution in [2.24, 2.45) is 5.73 Å². The van der Waals surface area contributed by atoms with E-state index in [-0.39, 0.29) is 18.7 Å². The van der Waals surface area contributed by atoms with Crippen LogP contribution < -0.4 is 5.73 Å². The van der Waals surface area contributed by atoms with Gasteiger partial charge in [-0.25, -0.2) is 0 Å². The molecule has 0 saturated carbocycles. The second-order valence-electron chi connectivity index (χ2n) is 3.20. The molecular formula is C11H12N2O3. The summed E-state index contributed by atoms with van der Waals surface area (Å²) in [4.78, 5) is 11.1. The van der Waals surface area contributed by atoms with Crippen molar-refractivity contribution in [1.29, 1.82) is 5.26 Å². The molecule has 0 unspecified atom stereocenters. The Hall–Kier alpha value is -2.06. The number of phenolic OH excluding ortho intramolecular Hbond substituents is 1. The third kappa shape index (κ3) is 2.49. The summed E-state index contributed by atoms with van der Waals surface area (Å²) < 4.78 is 4.51. The molecule has 0 spiro atoms. The number of rotatable bonds is 3. The van der Waals surface area contributed by atoms with E-state index in [1.54, 1.807) is 6.07 Å². The highest BCUT2D eigenvalue weighted by Crippen LogP contribution is 2.24. The number of ether oxygens (including phenoxy) is 1. The van der Waals surface area contributed by atoms with Crippen LogP contribution in [0.25, 0.3) is 0 Å². The molecule has 0 fully saturated rings. The molecule has 0 radical (unpaired) electrons. The van der Waals surface area contributed by atoms with Crippen molar-refractivity contribution in [3.05, 3.63) is 28.8 Å². The van der Waals surface area contributed by atoms with Gasteiger partial charge in [0.25, 0.3) is 0 Å². The first-order valence-electron chi connectivity index (χ1n) is 4.64. The molecule has 84 valence electrons. The van der Waals surface area contributed by atoms with E-state index in [1.807, 2.05) is 6.07 Å². The molecule has 5 heteroatoms. The highest BCUT2D eigenvalue weighted by molar-refractivity contribution is 5.74. The fourth-order valence-electron chi connectivity index (χ4n) is 1.38. The van der Waals surface area contributed by atoms with Gasteiger partial charge in [0, 0.05) is 12.1 Å². The Morgan fingerprint density at radius 2 is 2.31 bits per heavy atom. The number of carbonyl (C=O) groups is 1. The highest BCUT2D eigenvalue weighted by atomic mass is 16.5. The molecular weight excluding hydrogens is 208 g/mol. The zero-order valence-electron chi connectivity index (χ0n) is 8.86. The standard InChI is InChI=1S/C11H12N2O3/c1-16-11(15)4-9-8(6-13)2-7(5-12)3-10(9)14/h2-3,14H,4,6,13H2,1H3. The fraction of sp³-hybridized carbons (Fsp3) is 0.273. The number of nitriles is 1. The van der Waals surface area contributed by atoms with Gasteiger partial charge in [-0.05, 0) is 17.7 Å². The van der Waals surface area contributed by atoms with Crippen LogP contribution in [0.4, 0.5) is 0 Å². The first kappa shape index (κ1) is 12.0. The lowest BCUT2D eigenvalue weighted by molar-refractivity contribution is -0.139. The van der Waals surface area contributed by atoms with Gasteiger partial charge in [0.05, 0.1) is 25.2 Å². The van der Waals surface area contributed by atoms with Crippen molar-refractivity contribution in [3.63, 3.8) is 0 Å². The molecule has 0 aliphatic heterocycles. The van der Waals surface area contributed by atoms with Crippen LogP contribution in [0.5, 0.6) is 5.75 Å². The molecule has 0 bridgehead atoms. The molecule has 1 aromatic rings. The van der Waals surface area contributed by atoms with Gasteiger partial charge >= 0.3 is 5.97 Å². The number of benzene rings is 1. The van der Waals surface area contributed by atoms with Crippen molar-refractivity contribution in [3.8, 4) is 11.8 Å². The van der Waals surface area contributed by atoms with Gasteiger partial charge in [-0.15, -0.1) is 0 Å². The maximum absolute atomic E-state index is 11.1. The zero-order valence-corrected chi connectivity index (χ0v) is 8.86. The van der Waals surface area contributed by atoms with E-state index in [2.05, 4.69) is 4.74 Å². The summed E-state index contributed by atoms with van der Waals surface area (Å²) in [5.41, 5.74) is 6.78. The number of methoxy groups -OCH3 is 1. The van der Waals surface area contributed by atoms with Crippen LogP contribution in [0.2, 0.25) is 0 Å². The van der Waals surface area contributed by atoms with E-state index < -0.39 is 5.97 Å². The van der Waals surface area contributed by atoms with E-state index >= 15 is 0 Å². The molecule has 0 heterocycles. The molecule has 3 N–H and O–H groups in total. The normalized spacial score (nSPS) is 9.56. The second-order valence-corrected chi connectivity index (χ2v) is 3.20. The van der Waals surface area contributed by atoms with Gasteiger partial charge in [-0.2, -0.15) is 5.26 Å². The molecule has 0 saturated heterocycles. The maximum Gasteiger partial charge on any atom is 0.310 e. The minimum Gasteiger partial charge on any atom is -0.508 e. The Kier molecular flexibility index (Phi) is 3.86. The van der Waals surface area contributed by atoms with Gasteiger partial charge in [-0.3, -0.25) is 4.79 Å². The molecule has 0 atom stereocenters. The third-order valence-electron chi connectivity index (χ3n) is 2.22. The van der Waals surface area contributed by atoms with E-state index in [1.165, 1.54) is 13.2 Å². The predicted molar refractivity (Wildman–Crippen MR) is 56.4 cm³/mol. The Balaban J connectivity index is 3.17. The molecule has 16 heavy (non-hydrogen) atoms. The lowest BCUT2D eigenvalue weighted by Gasteiger charge is -2.09. The van der Waals surface area contributed by atoms with E-state index in [4.69, 9.17) is 11.0 Å². The number of aromatic hydroxyl groups is 1. The lowest BCUT2D eigenvalue weighted by atomic mass is 10.0. The van der Waals surface area contributed by atoms with Gasteiger partial charge in [-0.1, -0.05) is 0 Å². The summed E-state index contributed by atoms with van der Waals surface area (Å²) >= 11 is 0. The topological polar surface area (TPSA) is 96.3 Å². The smallest absolute Gasteiger partial charge is 0.310 e. The number of nitrogens with zero attached hydrogens (tertiary/aromatic N) is 1. The number of nitrogens with two attached hydrogens (primary N) is 1. The summed E-state index contributed by atoms with van der Waals surface area (Å²) in [6.07, 6.45) is -0.0550.